The topological polar surface area (TPSA) is 75.1 Å². The van der Waals surface area contributed by atoms with Gasteiger partial charge in [0.05, 0.1) is 0 Å². The van der Waals surface area contributed by atoms with Crippen LogP contribution in [0.3, 0.4) is 0 Å². The van der Waals surface area contributed by atoms with Crippen molar-refractivity contribution in [3.8, 4) is 17.0 Å². The quantitative estimate of drug-likeness (QED) is 0.895. The lowest BCUT2D eigenvalue weighted by Gasteiger charge is -2.17. The van der Waals surface area contributed by atoms with E-state index in [2.05, 4.69) is 4.98 Å². The van der Waals surface area contributed by atoms with Crippen LogP contribution in [0.5, 0.6) is 5.88 Å². The fraction of sp³-hybridized carbons (Fsp3) is 0.333. The molecule has 1 aromatic carbocycles. The molecule has 110 valence electrons. The first kappa shape index (κ1) is 13.9. The second kappa shape index (κ2) is 5.41. The van der Waals surface area contributed by atoms with Crippen molar-refractivity contribution < 1.29 is 5.11 Å². The summed E-state index contributed by atoms with van der Waals surface area (Å²) >= 11 is 5.94. The van der Waals surface area contributed by atoms with E-state index in [1.807, 2.05) is 0 Å². The fourth-order valence-electron chi connectivity index (χ4n) is 2.94. The third-order valence-corrected chi connectivity index (χ3v) is 4.16. The number of nitrogens with one attached hydrogen (secondary N) is 1. The Morgan fingerprint density at radius 3 is 2.62 bits per heavy atom. The van der Waals surface area contributed by atoms with Crippen LogP contribution in [-0.2, 0) is 0 Å². The van der Waals surface area contributed by atoms with Crippen LogP contribution < -0.4 is 11.2 Å². The largest absolute Gasteiger partial charge is 0.494 e. The maximum Gasteiger partial charge on any atom is 0.331 e. The van der Waals surface area contributed by atoms with Crippen molar-refractivity contribution in [2.75, 3.05) is 0 Å². The van der Waals surface area contributed by atoms with Crippen LogP contribution in [0.2, 0.25) is 5.02 Å². The fourth-order valence-corrected chi connectivity index (χ4v) is 3.13. The molecule has 0 bridgehead atoms. The molecule has 1 aromatic heterocycles. The molecule has 1 aliphatic rings. The molecule has 0 amide bonds. The van der Waals surface area contributed by atoms with Crippen LogP contribution in [0, 0.1) is 0 Å². The number of aromatic amines is 1. The molecule has 2 aromatic rings. The Kier molecular flexibility index (Phi) is 3.59. The van der Waals surface area contributed by atoms with Crippen molar-refractivity contribution in [2.45, 2.75) is 31.7 Å². The Hall–Kier alpha value is -2.01. The lowest BCUT2D eigenvalue weighted by molar-refractivity contribution is 0.365. The second-order valence-electron chi connectivity index (χ2n) is 5.28. The van der Waals surface area contributed by atoms with Gasteiger partial charge in [-0.3, -0.25) is 14.3 Å². The van der Waals surface area contributed by atoms with Crippen LogP contribution in [0.4, 0.5) is 0 Å². The predicted molar refractivity (Wildman–Crippen MR) is 80.9 cm³/mol. The molecule has 1 aliphatic carbocycles. The Balaban J connectivity index is 2.23. The Labute approximate surface area is 125 Å². The standard InChI is InChI=1S/C15H15ClN2O3/c16-10-5-3-4-9(8-10)12-13(19)17-15(21)18(14(12)20)11-6-1-2-7-11/h3-5,8,11,20H,1-2,6-7H2,(H,17,19,21). The zero-order valence-corrected chi connectivity index (χ0v) is 12.1. The molecule has 2 N–H and O–H groups in total. The third-order valence-electron chi connectivity index (χ3n) is 3.92. The molecule has 0 spiro atoms. The van der Waals surface area contributed by atoms with Crippen LogP contribution in [-0.4, -0.2) is 14.7 Å². The summed E-state index contributed by atoms with van der Waals surface area (Å²) in [6.07, 6.45) is 3.69. The lowest BCUT2D eigenvalue weighted by Crippen LogP contribution is -2.32. The average molecular weight is 307 g/mol. The molecule has 0 atom stereocenters. The second-order valence-corrected chi connectivity index (χ2v) is 5.71. The van der Waals surface area contributed by atoms with Gasteiger partial charge >= 0.3 is 5.69 Å². The molecule has 0 saturated heterocycles. The number of aromatic nitrogens is 2. The summed E-state index contributed by atoms with van der Waals surface area (Å²) in [6, 6.07) is 6.59. The summed E-state index contributed by atoms with van der Waals surface area (Å²) < 4.78 is 1.30. The number of aromatic hydroxyl groups is 1. The summed E-state index contributed by atoms with van der Waals surface area (Å²) in [4.78, 5) is 26.4. The van der Waals surface area contributed by atoms with Crippen LogP contribution in [0.15, 0.2) is 33.9 Å². The van der Waals surface area contributed by atoms with Crippen molar-refractivity contribution in [2.24, 2.45) is 0 Å². The summed E-state index contributed by atoms with van der Waals surface area (Å²) in [6.45, 7) is 0. The molecule has 1 fully saturated rings. The molecular weight excluding hydrogens is 292 g/mol. The minimum atomic E-state index is -0.603. The number of H-pyrrole nitrogens is 1. The molecule has 21 heavy (non-hydrogen) atoms. The van der Waals surface area contributed by atoms with Gasteiger partial charge < -0.3 is 5.11 Å². The van der Waals surface area contributed by atoms with E-state index in [0.717, 1.165) is 25.7 Å². The molecule has 0 unspecified atom stereocenters. The maximum absolute atomic E-state index is 12.1. The highest BCUT2D eigenvalue weighted by Crippen LogP contribution is 2.34. The van der Waals surface area contributed by atoms with Gasteiger partial charge in [0.2, 0.25) is 5.88 Å². The monoisotopic (exact) mass is 306 g/mol. The van der Waals surface area contributed by atoms with Crippen LogP contribution in [0.1, 0.15) is 31.7 Å². The highest BCUT2D eigenvalue weighted by molar-refractivity contribution is 6.30. The van der Waals surface area contributed by atoms with E-state index in [4.69, 9.17) is 11.6 Å². The SMILES string of the molecule is O=c1[nH]c(=O)n(C2CCCC2)c(O)c1-c1cccc(Cl)c1. The van der Waals surface area contributed by atoms with E-state index < -0.39 is 11.2 Å². The van der Waals surface area contributed by atoms with Crippen molar-refractivity contribution in [3.05, 3.63) is 50.1 Å². The Bertz CT molecular complexity index is 788. The molecule has 1 saturated carbocycles. The van der Waals surface area contributed by atoms with E-state index >= 15 is 0 Å². The highest BCUT2D eigenvalue weighted by atomic mass is 35.5. The number of halogens is 1. The first-order valence-corrected chi connectivity index (χ1v) is 7.29. The van der Waals surface area contributed by atoms with Crippen molar-refractivity contribution >= 4 is 11.6 Å². The van der Waals surface area contributed by atoms with Gasteiger partial charge in [0, 0.05) is 11.1 Å². The number of nitrogens with zero attached hydrogens (tertiary/aromatic N) is 1. The van der Waals surface area contributed by atoms with E-state index in [0.29, 0.717) is 10.6 Å². The van der Waals surface area contributed by atoms with E-state index in [1.54, 1.807) is 24.3 Å². The van der Waals surface area contributed by atoms with Gasteiger partial charge in [-0.2, -0.15) is 0 Å². The predicted octanol–water partition coefficient (Wildman–Crippen LogP) is 2.68. The summed E-state index contributed by atoms with van der Waals surface area (Å²) in [5.74, 6) is -0.280. The third kappa shape index (κ3) is 2.49. The number of benzene rings is 1. The molecule has 6 heteroatoms. The van der Waals surface area contributed by atoms with Gasteiger partial charge in [0.25, 0.3) is 5.56 Å². The van der Waals surface area contributed by atoms with Crippen molar-refractivity contribution in [1.29, 1.82) is 0 Å². The van der Waals surface area contributed by atoms with E-state index in [-0.39, 0.29) is 17.5 Å². The van der Waals surface area contributed by atoms with Crippen molar-refractivity contribution in [3.63, 3.8) is 0 Å². The number of hydrogen-bond donors (Lipinski definition) is 2. The van der Waals surface area contributed by atoms with Gasteiger partial charge in [0.15, 0.2) is 0 Å². The molecule has 0 radical (unpaired) electrons. The molecule has 0 aliphatic heterocycles. The lowest BCUT2D eigenvalue weighted by atomic mass is 10.1. The molecule has 1 heterocycles. The molecule has 3 rings (SSSR count). The van der Waals surface area contributed by atoms with E-state index in [1.165, 1.54) is 4.57 Å². The van der Waals surface area contributed by atoms with Crippen molar-refractivity contribution in [1.82, 2.24) is 9.55 Å². The smallest absolute Gasteiger partial charge is 0.331 e. The first-order valence-electron chi connectivity index (χ1n) is 6.91. The average Bonchev–Trinajstić information content (AvgIpc) is 2.92. The summed E-state index contributed by atoms with van der Waals surface area (Å²) in [5.41, 5.74) is -0.582. The Morgan fingerprint density at radius 2 is 1.95 bits per heavy atom. The van der Waals surface area contributed by atoms with Gasteiger partial charge in [-0.1, -0.05) is 36.6 Å². The maximum atomic E-state index is 12.1. The minimum absolute atomic E-state index is 0.0627. The highest BCUT2D eigenvalue weighted by Gasteiger charge is 2.24. The summed E-state index contributed by atoms with van der Waals surface area (Å²) in [7, 11) is 0. The van der Waals surface area contributed by atoms with Gasteiger partial charge in [-0.15, -0.1) is 0 Å². The van der Waals surface area contributed by atoms with Gasteiger partial charge in [-0.25, -0.2) is 4.79 Å². The number of rotatable bonds is 2. The van der Waals surface area contributed by atoms with Crippen LogP contribution in [0.25, 0.3) is 11.1 Å². The zero-order valence-electron chi connectivity index (χ0n) is 11.3. The molecule has 5 nitrogen and oxygen atoms in total. The molecular formula is C15H15ClN2O3. The van der Waals surface area contributed by atoms with E-state index in [9.17, 15) is 14.7 Å². The normalized spacial score (nSPS) is 15.5. The summed E-state index contributed by atoms with van der Waals surface area (Å²) in [5, 5.41) is 10.9. The van der Waals surface area contributed by atoms with Crippen LogP contribution >= 0.6 is 11.6 Å². The number of hydrogen-bond acceptors (Lipinski definition) is 3. The van der Waals surface area contributed by atoms with Gasteiger partial charge in [0.1, 0.15) is 5.56 Å². The minimum Gasteiger partial charge on any atom is -0.494 e. The Morgan fingerprint density at radius 1 is 1.24 bits per heavy atom. The zero-order chi connectivity index (χ0) is 15.0. The first-order chi connectivity index (χ1) is 10.1. The van der Waals surface area contributed by atoms with Gasteiger partial charge in [-0.05, 0) is 30.5 Å².